The van der Waals surface area contributed by atoms with Crippen LogP contribution in [0.2, 0.25) is 0 Å². The van der Waals surface area contributed by atoms with Gasteiger partial charge >= 0.3 is 0 Å². The molecule has 1 amide bonds. The Hall–Kier alpha value is -2.76. The summed E-state index contributed by atoms with van der Waals surface area (Å²) in [5.41, 5.74) is 1.98. The number of pyridine rings is 1. The highest BCUT2D eigenvalue weighted by atomic mass is 16.2. The molecule has 0 atom stereocenters. The predicted molar refractivity (Wildman–Crippen MR) is 91.3 cm³/mol. The van der Waals surface area contributed by atoms with Crippen molar-refractivity contribution in [3.8, 4) is 11.4 Å². The maximum absolute atomic E-state index is 12.3. The summed E-state index contributed by atoms with van der Waals surface area (Å²) in [5.74, 6) is 0.558. The van der Waals surface area contributed by atoms with Crippen molar-refractivity contribution in [1.29, 1.82) is 0 Å². The molecule has 0 unspecified atom stereocenters. The lowest BCUT2D eigenvalue weighted by Crippen LogP contribution is -2.39. The molecule has 124 valence electrons. The number of aromatic nitrogens is 3. The quantitative estimate of drug-likeness (QED) is 0.873. The zero-order valence-electron chi connectivity index (χ0n) is 13.7. The highest BCUT2D eigenvalue weighted by molar-refractivity contribution is 5.78. The first-order valence-electron chi connectivity index (χ1n) is 8.14. The Labute approximate surface area is 140 Å². The largest absolute Gasteiger partial charge is 0.336 e. The SMILES string of the molecule is CC/C=C/CC(=O)N1CCc2c(nc(-c3cccnc3)[nH]c2=O)C1. The van der Waals surface area contributed by atoms with Gasteiger partial charge in [0.1, 0.15) is 5.82 Å². The van der Waals surface area contributed by atoms with Crippen molar-refractivity contribution in [2.45, 2.75) is 32.7 Å². The number of nitrogens with zero attached hydrogens (tertiary/aromatic N) is 3. The molecule has 0 fully saturated rings. The summed E-state index contributed by atoms with van der Waals surface area (Å²) in [4.78, 5) is 37.8. The molecule has 0 radical (unpaired) electrons. The number of H-pyrrole nitrogens is 1. The van der Waals surface area contributed by atoms with E-state index in [1.54, 1.807) is 23.4 Å². The molecule has 24 heavy (non-hydrogen) atoms. The molecule has 3 heterocycles. The van der Waals surface area contributed by atoms with Crippen LogP contribution in [0.3, 0.4) is 0 Å². The molecule has 0 bridgehead atoms. The van der Waals surface area contributed by atoms with E-state index in [0.29, 0.717) is 43.0 Å². The van der Waals surface area contributed by atoms with Crippen molar-refractivity contribution in [2.24, 2.45) is 0 Å². The third-order valence-electron chi connectivity index (χ3n) is 4.06. The van der Waals surface area contributed by atoms with Crippen molar-refractivity contribution in [3.63, 3.8) is 0 Å². The van der Waals surface area contributed by atoms with E-state index >= 15 is 0 Å². The van der Waals surface area contributed by atoms with Gasteiger partial charge in [0, 0.05) is 36.5 Å². The topological polar surface area (TPSA) is 79.0 Å². The Morgan fingerprint density at radius 1 is 1.42 bits per heavy atom. The van der Waals surface area contributed by atoms with E-state index < -0.39 is 0 Å². The van der Waals surface area contributed by atoms with Crippen LogP contribution in [0, 0.1) is 0 Å². The Bertz CT molecular complexity index is 812. The van der Waals surface area contributed by atoms with E-state index in [4.69, 9.17) is 0 Å². The molecule has 0 saturated heterocycles. The Morgan fingerprint density at radius 2 is 2.29 bits per heavy atom. The fourth-order valence-corrected chi connectivity index (χ4v) is 2.77. The van der Waals surface area contributed by atoms with Crippen LogP contribution in [-0.2, 0) is 17.8 Å². The van der Waals surface area contributed by atoms with Gasteiger partial charge in [-0.05, 0) is 25.0 Å². The molecular formula is C18H20N4O2. The number of rotatable bonds is 4. The Kier molecular flexibility index (Phi) is 4.84. The van der Waals surface area contributed by atoms with Gasteiger partial charge in [0.05, 0.1) is 12.2 Å². The first-order chi connectivity index (χ1) is 11.7. The summed E-state index contributed by atoms with van der Waals surface area (Å²) in [6.07, 6.45) is 9.05. The van der Waals surface area contributed by atoms with Crippen molar-refractivity contribution < 1.29 is 4.79 Å². The van der Waals surface area contributed by atoms with Gasteiger partial charge in [-0.3, -0.25) is 14.6 Å². The second-order valence-corrected chi connectivity index (χ2v) is 5.73. The zero-order chi connectivity index (χ0) is 16.9. The lowest BCUT2D eigenvalue weighted by molar-refractivity contribution is -0.131. The minimum absolute atomic E-state index is 0.0651. The monoisotopic (exact) mass is 324 g/mol. The van der Waals surface area contributed by atoms with Crippen LogP contribution in [-0.4, -0.2) is 32.3 Å². The minimum atomic E-state index is -0.128. The maximum atomic E-state index is 12.3. The average molecular weight is 324 g/mol. The van der Waals surface area contributed by atoms with Crippen LogP contribution < -0.4 is 5.56 Å². The van der Waals surface area contributed by atoms with Gasteiger partial charge in [-0.25, -0.2) is 4.98 Å². The van der Waals surface area contributed by atoms with Crippen molar-refractivity contribution >= 4 is 5.91 Å². The van der Waals surface area contributed by atoms with Crippen LogP contribution in [0.5, 0.6) is 0 Å². The second-order valence-electron chi connectivity index (χ2n) is 5.73. The van der Waals surface area contributed by atoms with Crippen LogP contribution in [0.25, 0.3) is 11.4 Å². The summed E-state index contributed by atoms with van der Waals surface area (Å²) in [6, 6.07) is 3.64. The number of allylic oxidation sites excluding steroid dienone is 1. The predicted octanol–water partition coefficient (Wildman–Crippen LogP) is 2.07. The van der Waals surface area contributed by atoms with Gasteiger partial charge in [0.2, 0.25) is 5.91 Å². The zero-order valence-corrected chi connectivity index (χ0v) is 13.7. The number of hydrogen-bond donors (Lipinski definition) is 1. The molecule has 1 N–H and O–H groups in total. The number of nitrogens with one attached hydrogen (secondary N) is 1. The molecule has 1 aliphatic heterocycles. The van der Waals surface area contributed by atoms with E-state index in [9.17, 15) is 9.59 Å². The van der Waals surface area contributed by atoms with E-state index in [0.717, 1.165) is 12.0 Å². The fraction of sp³-hybridized carbons (Fsp3) is 0.333. The molecule has 0 spiro atoms. The van der Waals surface area contributed by atoms with E-state index in [2.05, 4.69) is 15.0 Å². The van der Waals surface area contributed by atoms with Gasteiger partial charge < -0.3 is 9.88 Å². The summed E-state index contributed by atoms with van der Waals surface area (Å²) in [5, 5.41) is 0. The number of aromatic amines is 1. The van der Waals surface area contributed by atoms with Crippen LogP contribution in [0.15, 0.2) is 41.5 Å². The van der Waals surface area contributed by atoms with Crippen LogP contribution in [0.4, 0.5) is 0 Å². The minimum Gasteiger partial charge on any atom is -0.336 e. The Morgan fingerprint density at radius 3 is 3.04 bits per heavy atom. The highest BCUT2D eigenvalue weighted by Crippen LogP contribution is 2.18. The molecule has 0 aromatic carbocycles. The summed E-state index contributed by atoms with van der Waals surface area (Å²) >= 11 is 0. The number of carbonyl (C=O) groups is 1. The van der Waals surface area contributed by atoms with Gasteiger partial charge in [-0.2, -0.15) is 0 Å². The van der Waals surface area contributed by atoms with Crippen LogP contribution >= 0.6 is 0 Å². The third kappa shape index (κ3) is 3.42. The lowest BCUT2D eigenvalue weighted by Gasteiger charge is -2.27. The highest BCUT2D eigenvalue weighted by Gasteiger charge is 2.23. The first-order valence-corrected chi connectivity index (χ1v) is 8.14. The number of amides is 1. The smallest absolute Gasteiger partial charge is 0.254 e. The lowest BCUT2D eigenvalue weighted by atomic mass is 10.1. The molecule has 2 aromatic heterocycles. The normalized spacial score (nSPS) is 14.0. The fourth-order valence-electron chi connectivity index (χ4n) is 2.77. The van der Waals surface area contributed by atoms with E-state index in [-0.39, 0.29) is 11.5 Å². The summed E-state index contributed by atoms with van der Waals surface area (Å²) < 4.78 is 0. The summed E-state index contributed by atoms with van der Waals surface area (Å²) in [6.45, 7) is 2.97. The second kappa shape index (κ2) is 7.21. The average Bonchev–Trinajstić information content (AvgIpc) is 2.62. The van der Waals surface area contributed by atoms with Crippen molar-refractivity contribution in [2.75, 3.05) is 6.54 Å². The van der Waals surface area contributed by atoms with Crippen LogP contribution in [0.1, 0.15) is 31.0 Å². The molecule has 1 aliphatic rings. The molecule has 0 saturated carbocycles. The molecule has 6 nitrogen and oxygen atoms in total. The van der Waals surface area contributed by atoms with E-state index in [1.165, 1.54) is 0 Å². The number of carbonyl (C=O) groups excluding carboxylic acids is 1. The van der Waals surface area contributed by atoms with Crippen molar-refractivity contribution in [1.82, 2.24) is 19.9 Å². The first kappa shape index (κ1) is 16.1. The standard InChI is InChI=1S/C18H20N4O2/c1-2-3-4-7-16(23)22-10-8-14-15(12-22)20-17(21-18(14)24)13-6-5-9-19-11-13/h3-6,9,11H,2,7-8,10,12H2,1H3,(H,20,21,24)/b4-3+. The van der Waals surface area contributed by atoms with Gasteiger partial charge in [0.15, 0.2) is 0 Å². The number of hydrogen-bond acceptors (Lipinski definition) is 4. The van der Waals surface area contributed by atoms with Crippen molar-refractivity contribution in [3.05, 3.63) is 58.3 Å². The summed E-state index contributed by atoms with van der Waals surface area (Å²) in [7, 11) is 0. The molecule has 0 aliphatic carbocycles. The maximum Gasteiger partial charge on any atom is 0.254 e. The van der Waals surface area contributed by atoms with E-state index in [1.807, 2.05) is 25.1 Å². The molecular weight excluding hydrogens is 304 g/mol. The number of fused-ring (bicyclic) bond motifs is 1. The van der Waals surface area contributed by atoms with Gasteiger partial charge in [-0.15, -0.1) is 0 Å². The molecule has 2 aromatic rings. The Balaban J connectivity index is 1.85. The molecule has 3 rings (SSSR count). The third-order valence-corrected chi connectivity index (χ3v) is 4.06. The van der Waals surface area contributed by atoms with Gasteiger partial charge in [0.25, 0.3) is 5.56 Å². The molecule has 6 heteroatoms. The van der Waals surface area contributed by atoms with Gasteiger partial charge in [-0.1, -0.05) is 19.1 Å².